The van der Waals surface area contributed by atoms with Crippen LogP contribution >= 0.6 is 0 Å². The first-order chi connectivity index (χ1) is 7.31. The Morgan fingerprint density at radius 3 is 2.47 bits per heavy atom. The highest BCUT2D eigenvalue weighted by atomic mass is 19.1. The Hall–Kier alpha value is -1.61. The van der Waals surface area contributed by atoms with Crippen LogP contribution in [-0.4, -0.2) is 16.7 Å². The fraction of sp³-hybridized carbons (Fsp3) is 0.167. The van der Waals surface area contributed by atoms with Gasteiger partial charge in [-0.15, -0.1) is 0 Å². The molecule has 2 N–H and O–H groups in total. The van der Waals surface area contributed by atoms with Crippen LogP contribution in [0.4, 0.5) is 4.39 Å². The second-order valence-corrected chi connectivity index (χ2v) is 3.41. The minimum Gasteiger partial charge on any atom is -0.395 e. The smallest absolute Gasteiger partial charge is 0.123 e. The molecule has 0 spiro atoms. The van der Waals surface area contributed by atoms with E-state index in [1.54, 1.807) is 12.1 Å². The van der Waals surface area contributed by atoms with Crippen molar-refractivity contribution in [2.24, 2.45) is 0 Å². The maximum absolute atomic E-state index is 12.7. The molecule has 1 aromatic carbocycles. The fourth-order valence-corrected chi connectivity index (χ4v) is 1.64. The zero-order valence-corrected chi connectivity index (χ0v) is 8.15. The van der Waals surface area contributed by atoms with Gasteiger partial charge in [-0.1, -0.05) is 12.1 Å². The number of aromatic amines is 1. The van der Waals surface area contributed by atoms with Crippen molar-refractivity contribution >= 4 is 0 Å². The molecular weight excluding hydrogens is 193 g/mol. The highest BCUT2D eigenvalue weighted by molar-refractivity contribution is 5.29. The van der Waals surface area contributed by atoms with Crippen LogP contribution in [0.15, 0.2) is 42.6 Å². The number of aromatic nitrogens is 1. The molecule has 1 unspecified atom stereocenters. The summed E-state index contributed by atoms with van der Waals surface area (Å²) in [7, 11) is 0. The summed E-state index contributed by atoms with van der Waals surface area (Å²) in [5.74, 6) is -0.373. The van der Waals surface area contributed by atoms with Gasteiger partial charge in [0.1, 0.15) is 5.82 Å². The molecule has 0 saturated carbocycles. The first-order valence-corrected chi connectivity index (χ1v) is 4.81. The lowest BCUT2D eigenvalue weighted by molar-refractivity contribution is 0.279. The van der Waals surface area contributed by atoms with Crippen LogP contribution in [0.25, 0.3) is 0 Å². The van der Waals surface area contributed by atoms with Crippen molar-refractivity contribution in [2.45, 2.75) is 5.92 Å². The highest BCUT2D eigenvalue weighted by Gasteiger charge is 2.13. The Kier molecular flexibility index (Phi) is 2.83. The van der Waals surface area contributed by atoms with Crippen molar-refractivity contribution in [3.8, 4) is 0 Å². The van der Waals surface area contributed by atoms with E-state index in [1.807, 2.05) is 18.3 Å². The minimum atomic E-state index is -0.262. The van der Waals surface area contributed by atoms with Crippen molar-refractivity contribution in [3.05, 3.63) is 59.7 Å². The highest BCUT2D eigenvalue weighted by Crippen LogP contribution is 2.22. The Labute approximate surface area is 87.4 Å². The molecule has 0 amide bonds. The van der Waals surface area contributed by atoms with Gasteiger partial charge >= 0.3 is 0 Å². The van der Waals surface area contributed by atoms with Gasteiger partial charge in [-0.2, -0.15) is 0 Å². The lowest BCUT2D eigenvalue weighted by atomic mass is 9.97. The van der Waals surface area contributed by atoms with Crippen LogP contribution in [0.2, 0.25) is 0 Å². The molecule has 2 nitrogen and oxygen atoms in total. The number of nitrogens with one attached hydrogen (secondary N) is 1. The summed E-state index contributed by atoms with van der Waals surface area (Å²) < 4.78 is 12.7. The van der Waals surface area contributed by atoms with E-state index in [0.29, 0.717) is 0 Å². The lowest BCUT2D eigenvalue weighted by Crippen LogP contribution is -2.06. The number of hydrogen-bond acceptors (Lipinski definition) is 1. The molecule has 15 heavy (non-hydrogen) atoms. The number of benzene rings is 1. The van der Waals surface area contributed by atoms with Crippen molar-refractivity contribution in [1.82, 2.24) is 4.98 Å². The lowest BCUT2D eigenvalue weighted by Gasteiger charge is -2.12. The molecule has 1 heterocycles. The largest absolute Gasteiger partial charge is 0.395 e. The molecule has 1 atom stereocenters. The normalized spacial score (nSPS) is 12.7. The molecule has 0 aliphatic heterocycles. The third kappa shape index (κ3) is 2.07. The predicted octanol–water partition coefficient (Wildman–Crippen LogP) is 2.28. The van der Waals surface area contributed by atoms with Crippen LogP contribution in [-0.2, 0) is 0 Å². The molecular formula is C12H12FNO. The van der Waals surface area contributed by atoms with Crippen LogP contribution in [0.5, 0.6) is 0 Å². The van der Waals surface area contributed by atoms with Gasteiger partial charge in [0.05, 0.1) is 6.61 Å². The number of halogens is 1. The summed E-state index contributed by atoms with van der Waals surface area (Å²) in [6.45, 7) is 0.00610. The topological polar surface area (TPSA) is 36.0 Å². The first kappa shape index (κ1) is 9.93. The molecule has 0 aliphatic carbocycles. The first-order valence-electron chi connectivity index (χ1n) is 4.81. The molecule has 2 rings (SSSR count). The Bertz CT molecular complexity index is 408. The third-order valence-corrected chi connectivity index (χ3v) is 2.45. The van der Waals surface area contributed by atoms with Gasteiger partial charge in [-0.3, -0.25) is 0 Å². The number of rotatable bonds is 3. The van der Waals surface area contributed by atoms with E-state index >= 15 is 0 Å². The average molecular weight is 205 g/mol. The van der Waals surface area contributed by atoms with Gasteiger partial charge in [0.15, 0.2) is 0 Å². The molecule has 3 heteroatoms. The van der Waals surface area contributed by atoms with E-state index in [0.717, 1.165) is 11.3 Å². The number of aliphatic hydroxyl groups is 1. The summed E-state index contributed by atoms with van der Waals surface area (Å²) in [4.78, 5) is 3.05. The molecule has 0 aliphatic rings. The average Bonchev–Trinajstić information content (AvgIpc) is 2.75. The maximum Gasteiger partial charge on any atom is 0.123 e. The molecule has 0 radical (unpaired) electrons. The van der Waals surface area contributed by atoms with Crippen molar-refractivity contribution in [1.29, 1.82) is 0 Å². The van der Waals surface area contributed by atoms with Gasteiger partial charge in [0.2, 0.25) is 0 Å². The maximum atomic E-state index is 12.7. The van der Waals surface area contributed by atoms with Gasteiger partial charge in [0, 0.05) is 17.8 Å². The summed E-state index contributed by atoms with van der Waals surface area (Å²) >= 11 is 0. The second kappa shape index (κ2) is 4.28. The Balaban J connectivity index is 2.31. The monoisotopic (exact) mass is 205 g/mol. The standard InChI is InChI=1S/C12H12FNO/c13-10-5-3-9(4-6-10)11(8-15)12-2-1-7-14-12/h1-7,11,14-15H,8H2. The second-order valence-electron chi connectivity index (χ2n) is 3.41. The van der Waals surface area contributed by atoms with E-state index in [2.05, 4.69) is 4.98 Å². The minimum absolute atomic E-state index is 0.00610. The van der Waals surface area contributed by atoms with E-state index in [4.69, 9.17) is 0 Å². The van der Waals surface area contributed by atoms with Crippen LogP contribution in [0.1, 0.15) is 17.2 Å². The van der Waals surface area contributed by atoms with Crippen molar-refractivity contribution < 1.29 is 9.50 Å². The zero-order chi connectivity index (χ0) is 10.7. The quantitative estimate of drug-likeness (QED) is 0.792. The van der Waals surface area contributed by atoms with Gasteiger partial charge in [-0.05, 0) is 29.8 Å². The zero-order valence-electron chi connectivity index (χ0n) is 8.15. The fourth-order valence-electron chi connectivity index (χ4n) is 1.64. The van der Waals surface area contributed by atoms with Crippen LogP contribution < -0.4 is 0 Å². The van der Waals surface area contributed by atoms with E-state index < -0.39 is 0 Å². The summed E-state index contributed by atoms with van der Waals surface area (Å²) in [5, 5.41) is 9.31. The van der Waals surface area contributed by atoms with Gasteiger partial charge < -0.3 is 10.1 Å². The van der Waals surface area contributed by atoms with E-state index in [1.165, 1.54) is 12.1 Å². The Morgan fingerprint density at radius 2 is 1.93 bits per heavy atom. The van der Waals surface area contributed by atoms with Crippen LogP contribution in [0, 0.1) is 5.82 Å². The predicted molar refractivity (Wildman–Crippen MR) is 56.1 cm³/mol. The molecule has 78 valence electrons. The SMILES string of the molecule is OCC(c1ccc(F)cc1)c1ccc[nH]1. The number of H-pyrrole nitrogens is 1. The Morgan fingerprint density at radius 1 is 1.20 bits per heavy atom. The number of aliphatic hydroxyl groups excluding tert-OH is 1. The third-order valence-electron chi connectivity index (χ3n) is 2.45. The van der Waals surface area contributed by atoms with Crippen molar-refractivity contribution in [2.75, 3.05) is 6.61 Å². The van der Waals surface area contributed by atoms with Crippen molar-refractivity contribution in [3.63, 3.8) is 0 Å². The summed E-state index contributed by atoms with van der Waals surface area (Å²) in [5.41, 5.74) is 1.84. The van der Waals surface area contributed by atoms with Gasteiger partial charge in [0.25, 0.3) is 0 Å². The van der Waals surface area contributed by atoms with Crippen LogP contribution in [0.3, 0.4) is 0 Å². The summed E-state index contributed by atoms with van der Waals surface area (Å²) in [6, 6.07) is 9.97. The molecule has 0 bridgehead atoms. The molecule has 1 aromatic heterocycles. The molecule has 2 aromatic rings. The van der Waals surface area contributed by atoms with E-state index in [-0.39, 0.29) is 18.3 Å². The number of hydrogen-bond donors (Lipinski definition) is 2. The summed E-state index contributed by atoms with van der Waals surface area (Å²) in [6.07, 6.45) is 1.81. The molecule has 0 fully saturated rings. The molecule has 0 saturated heterocycles. The van der Waals surface area contributed by atoms with Gasteiger partial charge in [-0.25, -0.2) is 4.39 Å². The van der Waals surface area contributed by atoms with E-state index in [9.17, 15) is 9.50 Å².